The van der Waals surface area contributed by atoms with Crippen LogP contribution >= 0.6 is 12.4 Å². The van der Waals surface area contributed by atoms with Crippen LogP contribution in [-0.2, 0) is 10.0 Å². The Balaban J connectivity index is 0.00000243. The molecule has 1 aliphatic heterocycles. The fourth-order valence-corrected chi connectivity index (χ4v) is 4.54. The molecule has 0 radical (unpaired) electrons. The standard InChI is InChI=1S/C17H18F2N2O3S.ClH/c1-24-17-6-5-14(10-15(17)19)25(22,23)21-8-7-20-11-16(21)12-3-2-4-13(18)9-12;/h2-6,9-10,16,20H,7-8,11H2,1H3;1H. The molecule has 1 saturated heterocycles. The summed E-state index contributed by atoms with van der Waals surface area (Å²) in [4.78, 5) is -0.158. The van der Waals surface area contributed by atoms with Crippen LogP contribution in [0.15, 0.2) is 47.4 Å². The second-order valence-electron chi connectivity index (χ2n) is 5.69. The Morgan fingerprint density at radius 2 is 1.96 bits per heavy atom. The van der Waals surface area contributed by atoms with E-state index < -0.39 is 27.7 Å². The summed E-state index contributed by atoms with van der Waals surface area (Å²) in [6, 6.07) is 8.79. The van der Waals surface area contributed by atoms with Crippen molar-refractivity contribution in [1.29, 1.82) is 0 Å². The molecule has 1 atom stereocenters. The summed E-state index contributed by atoms with van der Waals surface area (Å²) < 4.78 is 59.6. The number of hydrogen-bond acceptors (Lipinski definition) is 4. The van der Waals surface area contributed by atoms with Gasteiger partial charge in [-0.25, -0.2) is 17.2 Å². The highest BCUT2D eigenvalue weighted by Gasteiger charge is 2.35. The molecule has 1 aliphatic rings. The Hall–Kier alpha value is -1.74. The summed E-state index contributed by atoms with van der Waals surface area (Å²) >= 11 is 0. The van der Waals surface area contributed by atoms with Crippen molar-refractivity contribution in [3.8, 4) is 5.75 Å². The molecule has 0 saturated carbocycles. The second-order valence-corrected chi connectivity index (χ2v) is 7.58. The van der Waals surface area contributed by atoms with Gasteiger partial charge < -0.3 is 10.1 Å². The minimum atomic E-state index is -3.94. The lowest BCUT2D eigenvalue weighted by Crippen LogP contribution is -2.48. The number of rotatable bonds is 4. The maximum Gasteiger partial charge on any atom is 0.243 e. The van der Waals surface area contributed by atoms with Crippen molar-refractivity contribution in [2.45, 2.75) is 10.9 Å². The normalized spacial score (nSPS) is 18.2. The fourth-order valence-electron chi connectivity index (χ4n) is 2.91. The molecule has 1 unspecified atom stereocenters. The zero-order valence-corrected chi connectivity index (χ0v) is 15.6. The molecule has 2 aromatic carbocycles. The second kappa shape index (κ2) is 8.30. The Morgan fingerprint density at radius 1 is 1.19 bits per heavy atom. The number of nitrogens with zero attached hydrogens (tertiary/aromatic N) is 1. The summed E-state index contributed by atoms with van der Waals surface area (Å²) in [5, 5.41) is 3.11. The number of nitrogens with one attached hydrogen (secondary N) is 1. The molecule has 1 heterocycles. The van der Waals surface area contributed by atoms with Crippen molar-refractivity contribution in [2.24, 2.45) is 0 Å². The lowest BCUT2D eigenvalue weighted by atomic mass is 10.1. The van der Waals surface area contributed by atoms with E-state index in [9.17, 15) is 17.2 Å². The average Bonchev–Trinajstić information content (AvgIpc) is 2.61. The third-order valence-corrected chi connectivity index (χ3v) is 6.06. The molecule has 3 rings (SSSR count). The van der Waals surface area contributed by atoms with Crippen molar-refractivity contribution in [3.05, 3.63) is 59.7 Å². The molecule has 9 heteroatoms. The molecular weight excluding hydrogens is 386 g/mol. The zero-order chi connectivity index (χ0) is 18.0. The van der Waals surface area contributed by atoms with Crippen molar-refractivity contribution in [3.63, 3.8) is 0 Å². The molecule has 142 valence electrons. The van der Waals surface area contributed by atoms with Gasteiger partial charge in [0.2, 0.25) is 10.0 Å². The minimum Gasteiger partial charge on any atom is -0.494 e. The van der Waals surface area contributed by atoms with Crippen molar-refractivity contribution in [1.82, 2.24) is 9.62 Å². The summed E-state index contributed by atoms with van der Waals surface area (Å²) in [6.07, 6.45) is 0. The Labute approximate surface area is 157 Å². The van der Waals surface area contributed by atoms with Crippen LogP contribution in [0.25, 0.3) is 0 Å². The van der Waals surface area contributed by atoms with Gasteiger partial charge in [-0.2, -0.15) is 4.31 Å². The third-order valence-electron chi connectivity index (χ3n) is 4.16. The van der Waals surface area contributed by atoms with Crippen LogP contribution < -0.4 is 10.1 Å². The van der Waals surface area contributed by atoms with E-state index in [0.717, 1.165) is 6.07 Å². The summed E-state index contributed by atoms with van der Waals surface area (Å²) in [5.41, 5.74) is 0.546. The van der Waals surface area contributed by atoms with Crippen LogP contribution in [0.2, 0.25) is 0 Å². The van der Waals surface area contributed by atoms with Gasteiger partial charge in [-0.3, -0.25) is 0 Å². The molecule has 0 bridgehead atoms. The lowest BCUT2D eigenvalue weighted by Gasteiger charge is -2.35. The number of ether oxygens (including phenoxy) is 1. The number of benzene rings is 2. The van der Waals surface area contributed by atoms with E-state index in [4.69, 9.17) is 4.74 Å². The maximum absolute atomic E-state index is 14.0. The minimum absolute atomic E-state index is 0. The van der Waals surface area contributed by atoms with Crippen LogP contribution in [-0.4, -0.2) is 39.5 Å². The number of hydrogen-bond donors (Lipinski definition) is 1. The van der Waals surface area contributed by atoms with Crippen LogP contribution in [0.1, 0.15) is 11.6 Å². The highest BCUT2D eigenvalue weighted by molar-refractivity contribution is 7.89. The first kappa shape index (κ1) is 20.6. The Morgan fingerprint density at radius 3 is 2.62 bits per heavy atom. The first-order valence-corrected chi connectivity index (χ1v) is 9.19. The van der Waals surface area contributed by atoms with Crippen LogP contribution in [0.4, 0.5) is 8.78 Å². The van der Waals surface area contributed by atoms with Gasteiger partial charge in [-0.05, 0) is 35.9 Å². The summed E-state index contributed by atoms with van der Waals surface area (Å²) in [7, 11) is -2.64. The third kappa shape index (κ3) is 3.98. The van der Waals surface area contributed by atoms with Gasteiger partial charge in [0, 0.05) is 19.6 Å². The van der Waals surface area contributed by atoms with Gasteiger partial charge >= 0.3 is 0 Å². The monoisotopic (exact) mass is 404 g/mol. The molecule has 2 aromatic rings. The molecule has 0 spiro atoms. The van der Waals surface area contributed by atoms with Gasteiger partial charge in [-0.1, -0.05) is 12.1 Å². The molecular formula is C17H19ClF2N2O3S. The summed E-state index contributed by atoms with van der Waals surface area (Å²) in [5.74, 6) is -1.21. The first-order valence-electron chi connectivity index (χ1n) is 7.75. The van der Waals surface area contributed by atoms with E-state index in [1.165, 1.54) is 41.7 Å². The molecule has 1 N–H and O–H groups in total. The largest absolute Gasteiger partial charge is 0.494 e. The highest BCUT2D eigenvalue weighted by atomic mass is 35.5. The smallest absolute Gasteiger partial charge is 0.243 e. The van der Waals surface area contributed by atoms with Gasteiger partial charge in [0.25, 0.3) is 0 Å². The SMILES string of the molecule is COc1ccc(S(=O)(=O)N2CCNCC2c2cccc(F)c2)cc1F.Cl. The fraction of sp³-hybridized carbons (Fsp3) is 0.294. The number of methoxy groups -OCH3 is 1. The van der Waals surface area contributed by atoms with Crippen LogP contribution in [0.5, 0.6) is 5.75 Å². The van der Waals surface area contributed by atoms with Gasteiger partial charge in [0.15, 0.2) is 11.6 Å². The first-order chi connectivity index (χ1) is 11.9. The van der Waals surface area contributed by atoms with Crippen LogP contribution in [0.3, 0.4) is 0 Å². The number of halogens is 3. The molecule has 0 aromatic heterocycles. The van der Waals surface area contributed by atoms with E-state index in [1.807, 2.05) is 0 Å². The molecule has 0 aliphatic carbocycles. The Kier molecular flexibility index (Phi) is 6.57. The molecule has 1 fully saturated rings. The van der Waals surface area contributed by atoms with Gasteiger partial charge in [0.1, 0.15) is 5.82 Å². The van der Waals surface area contributed by atoms with E-state index in [-0.39, 0.29) is 29.6 Å². The molecule has 0 amide bonds. The number of sulfonamides is 1. The van der Waals surface area contributed by atoms with Crippen molar-refractivity contribution in [2.75, 3.05) is 26.7 Å². The molecule has 26 heavy (non-hydrogen) atoms. The topological polar surface area (TPSA) is 58.6 Å². The predicted molar refractivity (Wildman–Crippen MR) is 96.1 cm³/mol. The van der Waals surface area contributed by atoms with E-state index in [0.29, 0.717) is 18.7 Å². The van der Waals surface area contributed by atoms with Gasteiger partial charge in [0.05, 0.1) is 18.0 Å². The highest BCUT2D eigenvalue weighted by Crippen LogP contribution is 2.30. The Bertz CT molecular complexity index is 880. The number of piperazine rings is 1. The lowest BCUT2D eigenvalue weighted by molar-refractivity contribution is 0.271. The van der Waals surface area contributed by atoms with E-state index in [1.54, 1.807) is 6.07 Å². The molecule has 5 nitrogen and oxygen atoms in total. The average molecular weight is 405 g/mol. The summed E-state index contributed by atoms with van der Waals surface area (Å²) in [6.45, 7) is 1.02. The van der Waals surface area contributed by atoms with Gasteiger partial charge in [-0.15, -0.1) is 12.4 Å². The van der Waals surface area contributed by atoms with Crippen molar-refractivity contribution >= 4 is 22.4 Å². The van der Waals surface area contributed by atoms with Crippen molar-refractivity contribution < 1.29 is 21.9 Å². The zero-order valence-electron chi connectivity index (χ0n) is 14.0. The van der Waals surface area contributed by atoms with E-state index in [2.05, 4.69) is 5.32 Å². The van der Waals surface area contributed by atoms with E-state index >= 15 is 0 Å². The predicted octanol–water partition coefficient (Wildman–Crippen LogP) is 2.73. The maximum atomic E-state index is 14.0. The quantitative estimate of drug-likeness (QED) is 0.851. The van der Waals surface area contributed by atoms with Crippen LogP contribution in [0, 0.1) is 11.6 Å².